The zero-order valence-electron chi connectivity index (χ0n) is 13.1. The summed E-state index contributed by atoms with van der Waals surface area (Å²) in [4.78, 5) is 25.4. The number of nitrogens with one attached hydrogen (secondary N) is 1. The lowest BCUT2D eigenvalue weighted by Gasteiger charge is -2.36. The summed E-state index contributed by atoms with van der Waals surface area (Å²) in [7, 11) is 0. The molecule has 134 valence electrons. The lowest BCUT2D eigenvalue weighted by molar-refractivity contribution is -0.172. The number of carbonyl (C=O) groups is 1. The zero-order valence-corrected chi connectivity index (χ0v) is 14.7. The molecule has 0 saturated heterocycles. The highest BCUT2D eigenvalue weighted by Crippen LogP contribution is 2.29. The molecule has 1 aromatic heterocycles. The number of alkyl halides is 3. The predicted octanol–water partition coefficient (Wildman–Crippen LogP) is 2.70. The number of pyridine rings is 1. The van der Waals surface area contributed by atoms with E-state index < -0.39 is 23.6 Å². The molecule has 0 bridgehead atoms. The van der Waals surface area contributed by atoms with Crippen LogP contribution < -0.4 is 15.6 Å². The minimum atomic E-state index is -4.57. The van der Waals surface area contributed by atoms with E-state index in [9.17, 15) is 22.8 Å². The quantitative estimate of drug-likeness (QED) is 0.756. The summed E-state index contributed by atoms with van der Waals surface area (Å²) in [6.45, 7) is 2.67. The molecule has 1 atom stereocenters. The van der Waals surface area contributed by atoms with Crippen molar-refractivity contribution in [1.29, 1.82) is 0 Å². The Morgan fingerprint density at radius 3 is 2.67 bits per heavy atom. The molecule has 0 aromatic carbocycles. The number of nitrogens with zero attached hydrogens (tertiary/aromatic N) is 2. The highest BCUT2D eigenvalue weighted by Gasteiger charge is 2.44. The average molecular weight is 412 g/mol. The van der Waals surface area contributed by atoms with Crippen molar-refractivity contribution < 1.29 is 22.7 Å². The second kappa shape index (κ2) is 7.04. The Bertz CT molecular complexity index is 690. The van der Waals surface area contributed by atoms with E-state index in [-0.39, 0.29) is 29.2 Å². The number of carbonyl (C=O) groups excluding carboxylic acids is 1. The molecule has 1 aliphatic heterocycles. The summed E-state index contributed by atoms with van der Waals surface area (Å²) in [5.41, 5.74) is 1.86. The molecule has 0 unspecified atom stereocenters. The van der Waals surface area contributed by atoms with E-state index >= 15 is 0 Å². The Hall–Kier alpha value is -1.71. The minimum Gasteiger partial charge on any atom is -0.487 e. The topological polar surface area (TPSA) is 63.6 Å². The molecule has 2 rings (SSSR count). The summed E-state index contributed by atoms with van der Waals surface area (Å²) in [5, 5.41) is 0. The highest BCUT2D eigenvalue weighted by atomic mass is 79.9. The van der Waals surface area contributed by atoms with Crippen molar-refractivity contribution in [3.8, 4) is 5.75 Å². The molecule has 2 heterocycles. The van der Waals surface area contributed by atoms with Gasteiger partial charge < -0.3 is 15.1 Å². The maximum absolute atomic E-state index is 12.9. The molecule has 0 spiro atoms. The third-order valence-electron chi connectivity index (χ3n) is 3.68. The Morgan fingerprint density at radius 2 is 2.08 bits per heavy atom. The largest absolute Gasteiger partial charge is 0.487 e. The number of fused-ring (bicyclic) bond motifs is 1. The van der Waals surface area contributed by atoms with Crippen LogP contribution in [0.25, 0.3) is 0 Å². The third kappa shape index (κ3) is 3.52. The van der Waals surface area contributed by atoms with Crippen molar-refractivity contribution in [2.24, 2.45) is 0 Å². The molecule has 0 aliphatic carbocycles. The molecule has 24 heavy (non-hydrogen) atoms. The van der Waals surface area contributed by atoms with Gasteiger partial charge in [-0.25, -0.2) is 0 Å². The van der Waals surface area contributed by atoms with Gasteiger partial charge in [0.2, 0.25) is 5.43 Å². The maximum atomic E-state index is 12.9. The van der Waals surface area contributed by atoms with E-state index in [2.05, 4.69) is 21.4 Å². The summed E-state index contributed by atoms with van der Waals surface area (Å²) < 4.78 is 45.6. The fraction of sp³-hybridized carbons (Fsp3) is 0.571. The number of aromatic nitrogens is 1. The van der Waals surface area contributed by atoms with Crippen LogP contribution >= 0.6 is 15.9 Å². The van der Waals surface area contributed by atoms with Gasteiger partial charge in [-0.1, -0.05) is 13.3 Å². The van der Waals surface area contributed by atoms with Crippen LogP contribution in [0.1, 0.15) is 37.2 Å². The van der Waals surface area contributed by atoms with Gasteiger partial charge in [-0.05, 0) is 29.3 Å². The standard InChI is InChI=1S/C14H17BrF3N3O3/c1-3-4-5-24-12-10-13(23)20(8(2)14(16,17)18)7-19-21(10)6-9(15)11(12)22/h6,8,19H,3-5,7H2,1-2H3/t8-/m1/s1. The summed E-state index contributed by atoms with van der Waals surface area (Å²) in [6, 6.07) is -1.99. The first-order valence-corrected chi connectivity index (χ1v) is 8.17. The number of hydrogen-bond acceptors (Lipinski definition) is 4. The van der Waals surface area contributed by atoms with Crippen molar-refractivity contribution in [2.75, 3.05) is 18.7 Å². The van der Waals surface area contributed by atoms with Crippen molar-refractivity contribution >= 4 is 21.8 Å². The highest BCUT2D eigenvalue weighted by molar-refractivity contribution is 9.10. The molecule has 0 saturated carbocycles. The van der Waals surface area contributed by atoms with Crippen LogP contribution in [0.3, 0.4) is 0 Å². The zero-order chi connectivity index (χ0) is 18.1. The van der Waals surface area contributed by atoms with Crippen LogP contribution in [0, 0.1) is 0 Å². The van der Waals surface area contributed by atoms with Gasteiger partial charge in [-0.15, -0.1) is 0 Å². The molecule has 10 heteroatoms. The van der Waals surface area contributed by atoms with Gasteiger partial charge in [0.25, 0.3) is 5.91 Å². The second-order valence-electron chi connectivity index (χ2n) is 5.36. The molecule has 1 N–H and O–H groups in total. The van der Waals surface area contributed by atoms with Crippen LogP contribution in [0.4, 0.5) is 13.2 Å². The maximum Gasteiger partial charge on any atom is 0.408 e. The summed E-state index contributed by atoms with van der Waals surface area (Å²) >= 11 is 3.07. The Kier molecular flexibility index (Phi) is 5.46. The SMILES string of the molecule is CCCCOc1c2n(cc(Br)c1=O)NCN([C@H](C)C(F)(F)F)C2=O. The van der Waals surface area contributed by atoms with E-state index in [1.54, 1.807) is 0 Å². The van der Waals surface area contributed by atoms with Crippen LogP contribution in [0.5, 0.6) is 5.75 Å². The van der Waals surface area contributed by atoms with Crippen LogP contribution in [-0.4, -0.2) is 41.0 Å². The minimum absolute atomic E-state index is 0.148. The van der Waals surface area contributed by atoms with Gasteiger partial charge in [0.1, 0.15) is 12.7 Å². The molecule has 0 fully saturated rings. The molecular formula is C14H17BrF3N3O3. The molecule has 0 radical (unpaired) electrons. The van der Waals surface area contributed by atoms with E-state index in [1.165, 1.54) is 10.9 Å². The molecule has 6 nitrogen and oxygen atoms in total. The van der Waals surface area contributed by atoms with E-state index in [1.807, 2.05) is 6.92 Å². The van der Waals surface area contributed by atoms with Gasteiger partial charge in [-0.2, -0.15) is 13.2 Å². The van der Waals surface area contributed by atoms with Gasteiger partial charge in [0.15, 0.2) is 11.4 Å². The normalized spacial score (nSPS) is 15.8. The first-order valence-electron chi connectivity index (χ1n) is 7.38. The number of unbranched alkanes of at least 4 members (excludes halogenated alkanes) is 1. The van der Waals surface area contributed by atoms with Crippen molar-refractivity contribution in [1.82, 2.24) is 9.58 Å². The number of rotatable bonds is 5. The number of amides is 1. The van der Waals surface area contributed by atoms with Gasteiger partial charge in [0.05, 0.1) is 11.1 Å². The van der Waals surface area contributed by atoms with Gasteiger partial charge in [-0.3, -0.25) is 14.3 Å². The van der Waals surface area contributed by atoms with E-state index in [0.29, 0.717) is 11.3 Å². The number of hydrogen-bond donors (Lipinski definition) is 1. The van der Waals surface area contributed by atoms with Crippen LogP contribution in [0.15, 0.2) is 15.5 Å². The Balaban J connectivity index is 2.45. The van der Waals surface area contributed by atoms with Crippen LogP contribution in [0.2, 0.25) is 0 Å². The average Bonchev–Trinajstić information content (AvgIpc) is 2.50. The fourth-order valence-corrected chi connectivity index (χ4v) is 2.57. The summed E-state index contributed by atoms with van der Waals surface area (Å²) in [6.07, 6.45) is -1.81. The first kappa shape index (κ1) is 18.6. The van der Waals surface area contributed by atoms with Gasteiger partial charge >= 0.3 is 6.18 Å². The molecular weight excluding hydrogens is 395 g/mol. The third-order valence-corrected chi connectivity index (χ3v) is 4.25. The van der Waals surface area contributed by atoms with E-state index in [0.717, 1.165) is 13.3 Å². The van der Waals surface area contributed by atoms with Crippen molar-refractivity contribution in [3.63, 3.8) is 0 Å². The van der Waals surface area contributed by atoms with Gasteiger partial charge in [0, 0.05) is 6.20 Å². The van der Waals surface area contributed by atoms with Crippen LogP contribution in [-0.2, 0) is 0 Å². The number of halogens is 4. The lowest BCUT2D eigenvalue weighted by Crippen LogP contribution is -2.54. The van der Waals surface area contributed by atoms with Crippen molar-refractivity contribution in [3.05, 3.63) is 26.6 Å². The van der Waals surface area contributed by atoms with E-state index in [4.69, 9.17) is 4.74 Å². The Labute approximate surface area is 144 Å². The van der Waals surface area contributed by atoms with Crippen molar-refractivity contribution in [2.45, 2.75) is 38.9 Å². The molecule has 1 amide bonds. The molecule has 1 aromatic rings. The summed E-state index contributed by atoms with van der Waals surface area (Å²) in [5.74, 6) is -1.16. The molecule has 1 aliphatic rings. The fourth-order valence-electron chi connectivity index (χ4n) is 2.19. The Morgan fingerprint density at radius 1 is 1.42 bits per heavy atom. The number of ether oxygens (including phenoxy) is 1. The lowest BCUT2D eigenvalue weighted by atomic mass is 10.2. The second-order valence-corrected chi connectivity index (χ2v) is 6.22. The predicted molar refractivity (Wildman–Crippen MR) is 84.7 cm³/mol. The first-order chi connectivity index (χ1) is 11.2. The monoisotopic (exact) mass is 411 g/mol. The smallest absolute Gasteiger partial charge is 0.408 e.